The predicted molar refractivity (Wildman–Crippen MR) is 85.2 cm³/mol. The van der Waals surface area contributed by atoms with E-state index in [1.807, 2.05) is 6.92 Å². The van der Waals surface area contributed by atoms with Crippen molar-refractivity contribution in [1.82, 2.24) is 10.3 Å². The lowest BCUT2D eigenvalue weighted by molar-refractivity contribution is -0.146. The largest absolute Gasteiger partial charge is 0.454 e. The number of carbonyl (C=O) groups excluding carboxylic acids is 3. The number of hydrogen-bond donors (Lipinski definition) is 2. The smallest absolute Gasteiger partial charge is 0.325 e. The van der Waals surface area contributed by atoms with E-state index >= 15 is 0 Å². The monoisotopic (exact) mass is 333 g/mol. The van der Waals surface area contributed by atoms with Crippen molar-refractivity contribution >= 4 is 34.3 Å². The Labute approximate surface area is 136 Å². The van der Waals surface area contributed by atoms with Crippen LogP contribution in [0.2, 0.25) is 0 Å². The fourth-order valence-corrected chi connectivity index (χ4v) is 2.31. The van der Waals surface area contributed by atoms with E-state index in [9.17, 15) is 14.4 Å². The maximum absolute atomic E-state index is 11.7. The van der Waals surface area contributed by atoms with Crippen LogP contribution in [0.5, 0.6) is 0 Å². The lowest BCUT2D eigenvalue weighted by Gasteiger charge is -2.06. The summed E-state index contributed by atoms with van der Waals surface area (Å²) in [6.45, 7) is 1.07. The third-order valence-electron chi connectivity index (χ3n) is 2.66. The van der Waals surface area contributed by atoms with E-state index in [-0.39, 0.29) is 12.5 Å². The summed E-state index contributed by atoms with van der Waals surface area (Å²) in [5.41, 5.74) is 1.24. The second-order valence-electron chi connectivity index (χ2n) is 4.55. The lowest BCUT2D eigenvalue weighted by atomic mass is 10.2. The average molecular weight is 333 g/mol. The number of hydrogen-bond acceptors (Lipinski definition) is 6. The van der Waals surface area contributed by atoms with Crippen molar-refractivity contribution in [3.63, 3.8) is 0 Å². The number of aryl methyl sites for hydroxylation is 1. The summed E-state index contributed by atoms with van der Waals surface area (Å²) in [7, 11) is 0. The number of anilines is 1. The number of ether oxygens (including phenoxy) is 1. The molecule has 0 aliphatic heterocycles. The zero-order valence-corrected chi connectivity index (χ0v) is 13.2. The van der Waals surface area contributed by atoms with Crippen LogP contribution in [-0.2, 0) is 14.3 Å². The van der Waals surface area contributed by atoms with Crippen LogP contribution in [0, 0.1) is 6.92 Å². The molecule has 0 bridgehead atoms. The fraction of sp³-hybridized carbons (Fsp3) is 0.200. The van der Waals surface area contributed by atoms with Gasteiger partial charge in [-0.1, -0.05) is 18.2 Å². The minimum Gasteiger partial charge on any atom is -0.454 e. The first-order chi connectivity index (χ1) is 11.0. The van der Waals surface area contributed by atoms with E-state index in [1.54, 1.807) is 35.7 Å². The molecule has 1 aromatic heterocycles. The molecule has 0 saturated carbocycles. The van der Waals surface area contributed by atoms with Gasteiger partial charge in [-0.15, -0.1) is 11.3 Å². The molecular formula is C15H15N3O4S. The van der Waals surface area contributed by atoms with Gasteiger partial charge in [-0.25, -0.2) is 4.98 Å². The predicted octanol–water partition coefficient (Wildman–Crippen LogP) is 1.36. The fourth-order valence-electron chi connectivity index (χ4n) is 1.61. The van der Waals surface area contributed by atoms with Crippen molar-refractivity contribution in [3.05, 3.63) is 47.0 Å². The van der Waals surface area contributed by atoms with Crippen LogP contribution in [0.3, 0.4) is 0 Å². The highest BCUT2D eigenvalue weighted by molar-refractivity contribution is 7.13. The van der Waals surface area contributed by atoms with E-state index in [2.05, 4.69) is 15.6 Å². The molecule has 0 radical (unpaired) electrons. The summed E-state index contributed by atoms with van der Waals surface area (Å²) in [5, 5.41) is 7.17. The van der Waals surface area contributed by atoms with E-state index < -0.39 is 18.5 Å². The number of aromatic nitrogens is 1. The third kappa shape index (κ3) is 5.51. The molecule has 0 aliphatic carbocycles. The Kier molecular flexibility index (Phi) is 5.81. The van der Waals surface area contributed by atoms with Gasteiger partial charge in [-0.2, -0.15) is 0 Å². The molecule has 2 rings (SSSR count). The number of nitrogens with one attached hydrogen (secondary N) is 2. The van der Waals surface area contributed by atoms with Gasteiger partial charge in [-0.05, 0) is 19.1 Å². The van der Waals surface area contributed by atoms with Gasteiger partial charge in [-0.3, -0.25) is 19.7 Å². The molecule has 1 aromatic carbocycles. The molecule has 0 fully saturated rings. The van der Waals surface area contributed by atoms with Crippen molar-refractivity contribution < 1.29 is 19.1 Å². The van der Waals surface area contributed by atoms with Crippen LogP contribution in [0.4, 0.5) is 5.13 Å². The topological polar surface area (TPSA) is 97.4 Å². The molecule has 2 N–H and O–H groups in total. The van der Waals surface area contributed by atoms with Crippen LogP contribution in [0.25, 0.3) is 0 Å². The highest BCUT2D eigenvalue weighted by Crippen LogP contribution is 2.13. The maximum atomic E-state index is 11.7. The Bertz CT molecular complexity index is 700. The van der Waals surface area contributed by atoms with E-state index in [4.69, 9.17) is 4.74 Å². The Morgan fingerprint density at radius 2 is 1.96 bits per heavy atom. The second kappa shape index (κ2) is 8.04. The molecule has 23 heavy (non-hydrogen) atoms. The number of benzene rings is 1. The van der Waals surface area contributed by atoms with Crippen LogP contribution in [0.15, 0.2) is 35.7 Å². The standard InChI is InChI=1S/C15H15N3O4S/c1-10-9-23-15(17-10)18-12(19)8-22-13(20)7-16-14(21)11-5-3-2-4-6-11/h2-6,9H,7-8H2,1H3,(H,16,21)(H,17,18,19). The molecule has 2 amide bonds. The summed E-state index contributed by atoms with van der Waals surface area (Å²) in [6, 6.07) is 8.48. The number of rotatable bonds is 6. The molecular weight excluding hydrogens is 318 g/mol. The molecule has 120 valence electrons. The lowest BCUT2D eigenvalue weighted by Crippen LogP contribution is -2.32. The Hall–Kier alpha value is -2.74. The minimum absolute atomic E-state index is 0.308. The number of nitrogens with zero attached hydrogens (tertiary/aromatic N) is 1. The molecule has 7 nitrogen and oxygen atoms in total. The van der Waals surface area contributed by atoms with Crippen molar-refractivity contribution in [2.45, 2.75) is 6.92 Å². The van der Waals surface area contributed by atoms with E-state index in [0.29, 0.717) is 10.7 Å². The zero-order valence-electron chi connectivity index (χ0n) is 12.4. The molecule has 0 saturated heterocycles. The Morgan fingerprint density at radius 1 is 1.22 bits per heavy atom. The molecule has 0 unspecified atom stereocenters. The van der Waals surface area contributed by atoms with Gasteiger partial charge in [0.1, 0.15) is 6.54 Å². The van der Waals surface area contributed by atoms with Crippen molar-refractivity contribution in [1.29, 1.82) is 0 Å². The van der Waals surface area contributed by atoms with Gasteiger partial charge < -0.3 is 10.1 Å². The van der Waals surface area contributed by atoms with Crippen LogP contribution in [0.1, 0.15) is 16.1 Å². The van der Waals surface area contributed by atoms with Gasteiger partial charge in [0.15, 0.2) is 11.7 Å². The second-order valence-corrected chi connectivity index (χ2v) is 5.41. The molecule has 0 atom stereocenters. The van der Waals surface area contributed by atoms with Crippen molar-refractivity contribution in [2.75, 3.05) is 18.5 Å². The quantitative estimate of drug-likeness (QED) is 0.778. The van der Waals surface area contributed by atoms with Gasteiger partial charge in [0.05, 0.1) is 5.69 Å². The highest BCUT2D eigenvalue weighted by atomic mass is 32.1. The zero-order chi connectivity index (χ0) is 16.7. The van der Waals surface area contributed by atoms with Gasteiger partial charge in [0.2, 0.25) is 0 Å². The first kappa shape index (κ1) is 16.6. The van der Waals surface area contributed by atoms with Crippen LogP contribution < -0.4 is 10.6 Å². The van der Waals surface area contributed by atoms with Crippen LogP contribution in [-0.4, -0.2) is 35.9 Å². The summed E-state index contributed by atoms with van der Waals surface area (Å²) in [4.78, 5) is 38.9. The summed E-state index contributed by atoms with van der Waals surface area (Å²) in [6.07, 6.45) is 0. The number of carbonyl (C=O) groups is 3. The minimum atomic E-state index is -0.695. The number of amides is 2. The number of esters is 1. The summed E-state index contributed by atoms with van der Waals surface area (Å²) < 4.78 is 4.78. The van der Waals surface area contributed by atoms with Crippen molar-refractivity contribution in [3.8, 4) is 0 Å². The SMILES string of the molecule is Cc1csc(NC(=O)COC(=O)CNC(=O)c2ccccc2)n1. The van der Waals surface area contributed by atoms with Gasteiger partial charge in [0, 0.05) is 10.9 Å². The Morgan fingerprint density at radius 3 is 2.61 bits per heavy atom. The molecule has 8 heteroatoms. The van der Waals surface area contributed by atoms with E-state index in [1.165, 1.54) is 11.3 Å². The van der Waals surface area contributed by atoms with Crippen molar-refractivity contribution in [2.24, 2.45) is 0 Å². The normalized spacial score (nSPS) is 9.96. The molecule has 1 heterocycles. The number of thiazole rings is 1. The molecule has 0 spiro atoms. The third-order valence-corrected chi connectivity index (χ3v) is 3.53. The van der Waals surface area contributed by atoms with Crippen LogP contribution >= 0.6 is 11.3 Å². The average Bonchev–Trinajstić information content (AvgIpc) is 2.96. The van der Waals surface area contributed by atoms with Gasteiger partial charge in [0.25, 0.3) is 11.8 Å². The maximum Gasteiger partial charge on any atom is 0.325 e. The Balaban J connectivity index is 1.68. The highest BCUT2D eigenvalue weighted by Gasteiger charge is 2.11. The summed E-state index contributed by atoms with van der Waals surface area (Å²) >= 11 is 1.28. The first-order valence-electron chi connectivity index (χ1n) is 6.75. The molecule has 2 aromatic rings. The molecule has 0 aliphatic rings. The summed E-state index contributed by atoms with van der Waals surface area (Å²) in [5.74, 6) is -1.56. The van der Waals surface area contributed by atoms with Gasteiger partial charge >= 0.3 is 5.97 Å². The first-order valence-corrected chi connectivity index (χ1v) is 7.63. The van der Waals surface area contributed by atoms with E-state index in [0.717, 1.165) is 5.69 Å².